The Morgan fingerprint density at radius 3 is 2.68 bits per heavy atom. The zero-order chi connectivity index (χ0) is 31.3. The lowest BCUT2D eigenvalue weighted by Gasteiger charge is -2.58. The van der Waals surface area contributed by atoms with Crippen LogP contribution in [0.3, 0.4) is 0 Å². The number of piperazine rings is 1. The zero-order valence-electron chi connectivity index (χ0n) is 26.3. The second kappa shape index (κ2) is 11.6. The number of rotatable bonds is 6. The van der Waals surface area contributed by atoms with Gasteiger partial charge in [-0.3, -0.25) is 19.3 Å². The van der Waals surface area contributed by atoms with Gasteiger partial charge in [0.1, 0.15) is 5.69 Å². The molecule has 44 heavy (non-hydrogen) atoms. The van der Waals surface area contributed by atoms with Gasteiger partial charge >= 0.3 is 5.76 Å². The Bertz CT molecular complexity index is 1740. The van der Waals surface area contributed by atoms with E-state index < -0.39 is 5.76 Å². The molecule has 4 unspecified atom stereocenters. The van der Waals surface area contributed by atoms with Gasteiger partial charge in [0.05, 0.1) is 33.3 Å². The smallest absolute Gasteiger partial charge is 0.338 e. The van der Waals surface area contributed by atoms with Gasteiger partial charge in [0, 0.05) is 44.5 Å². The molecule has 4 aromatic rings. The molecule has 2 aliphatic rings. The van der Waals surface area contributed by atoms with Crippen LogP contribution in [-0.4, -0.2) is 65.1 Å². The van der Waals surface area contributed by atoms with Gasteiger partial charge in [-0.05, 0) is 49.7 Å². The quantitative estimate of drug-likeness (QED) is 0.291. The fraction of sp³-hybridized carbons (Fsp3) is 0.562. The maximum Gasteiger partial charge on any atom is 0.439 e. The number of nitrogens with one attached hydrogen (secondary N) is 1. The molecular formula is C32H41ClN8O3. The van der Waals surface area contributed by atoms with Gasteiger partial charge in [-0.25, -0.2) is 14.8 Å². The number of hydrogen-bond acceptors (Lipinski definition) is 8. The summed E-state index contributed by atoms with van der Waals surface area (Å²) >= 11 is 6.39. The maximum absolute atomic E-state index is 13.2. The lowest BCUT2D eigenvalue weighted by atomic mass is 9.69. The van der Waals surface area contributed by atoms with Crippen LogP contribution in [0, 0.1) is 17.8 Å². The summed E-state index contributed by atoms with van der Waals surface area (Å²) in [6.07, 6.45) is 8.43. The third kappa shape index (κ3) is 5.29. The van der Waals surface area contributed by atoms with E-state index in [0.717, 1.165) is 24.3 Å². The SMILES string of the molecule is CCC(=O)N1CC(C(C)C)N(c2nc3cc(-c4noc(=O)[nH]4)nc(-c4cncc(Cl)c4)c3n2C)C(C)(C2CCCC(C)C2)C1. The van der Waals surface area contributed by atoms with Gasteiger partial charge in [-0.15, -0.1) is 0 Å². The highest BCUT2D eigenvalue weighted by Gasteiger charge is 2.51. The molecule has 6 rings (SSSR count). The number of anilines is 1. The minimum atomic E-state index is -0.661. The summed E-state index contributed by atoms with van der Waals surface area (Å²) in [5, 5.41) is 4.38. The van der Waals surface area contributed by atoms with E-state index in [1.807, 2.05) is 26.1 Å². The molecule has 1 saturated carbocycles. The van der Waals surface area contributed by atoms with Crippen molar-refractivity contribution in [3.05, 3.63) is 40.1 Å². The van der Waals surface area contributed by atoms with Crippen LogP contribution in [0.5, 0.6) is 0 Å². The van der Waals surface area contributed by atoms with Crippen molar-refractivity contribution in [1.82, 2.24) is 34.6 Å². The normalized spacial score (nSPS) is 24.4. The first kappa shape index (κ1) is 30.3. The Kier molecular flexibility index (Phi) is 8.02. The summed E-state index contributed by atoms with van der Waals surface area (Å²) in [6, 6.07) is 3.69. The average Bonchev–Trinajstić information content (AvgIpc) is 3.58. The molecule has 11 nitrogen and oxygen atoms in total. The van der Waals surface area contributed by atoms with Gasteiger partial charge in [-0.1, -0.05) is 57.3 Å². The van der Waals surface area contributed by atoms with Crippen molar-refractivity contribution in [2.24, 2.45) is 24.8 Å². The number of carbonyl (C=O) groups is 1. The van der Waals surface area contributed by atoms with Gasteiger partial charge < -0.3 is 14.4 Å². The summed E-state index contributed by atoms with van der Waals surface area (Å²) in [4.78, 5) is 46.9. The summed E-state index contributed by atoms with van der Waals surface area (Å²) < 4.78 is 6.92. The number of carbonyl (C=O) groups excluding carboxylic acids is 1. The summed E-state index contributed by atoms with van der Waals surface area (Å²) in [5.41, 5.74) is 2.92. The molecule has 5 heterocycles. The van der Waals surface area contributed by atoms with Crippen LogP contribution in [-0.2, 0) is 11.8 Å². The van der Waals surface area contributed by atoms with E-state index >= 15 is 0 Å². The number of nitrogens with zero attached hydrogens (tertiary/aromatic N) is 7. The first-order valence-electron chi connectivity index (χ1n) is 15.6. The number of halogens is 1. The van der Waals surface area contributed by atoms with Crippen LogP contribution in [0.2, 0.25) is 5.02 Å². The second-order valence-electron chi connectivity index (χ2n) is 13.2. The van der Waals surface area contributed by atoms with Crippen molar-refractivity contribution in [3.8, 4) is 22.8 Å². The van der Waals surface area contributed by atoms with E-state index in [0.29, 0.717) is 58.8 Å². The van der Waals surface area contributed by atoms with Crippen molar-refractivity contribution in [1.29, 1.82) is 0 Å². The standard InChI is InChI=1S/C32H41ClN8O3/c1-7-26(42)40-16-25(18(2)3)41(32(5,17-40)21-10-8-9-19(4)11-21)30-36-23-13-24(29-37-31(43)44-38-29)35-27(28(23)39(30)6)20-12-22(33)15-34-14-20/h12-15,18-19,21,25H,7-11,16-17H2,1-6H3,(H,37,38,43). The molecule has 1 aliphatic heterocycles. The Morgan fingerprint density at radius 2 is 2.02 bits per heavy atom. The molecular weight excluding hydrogens is 580 g/mol. The van der Waals surface area contributed by atoms with Gasteiger partial charge in [0.25, 0.3) is 0 Å². The highest BCUT2D eigenvalue weighted by atomic mass is 35.5. The van der Waals surface area contributed by atoms with Crippen LogP contribution in [0.15, 0.2) is 33.8 Å². The lowest BCUT2D eigenvalue weighted by Crippen LogP contribution is -2.71. The largest absolute Gasteiger partial charge is 0.439 e. The van der Waals surface area contributed by atoms with Gasteiger partial charge in [-0.2, -0.15) is 0 Å². The number of hydrogen-bond donors (Lipinski definition) is 1. The van der Waals surface area contributed by atoms with Crippen molar-refractivity contribution >= 4 is 34.5 Å². The number of aryl methyl sites for hydroxylation is 1. The summed E-state index contributed by atoms with van der Waals surface area (Å²) in [5.74, 6) is 1.85. The number of aromatic amines is 1. The molecule has 0 bridgehead atoms. The molecule has 1 aliphatic carbocycles. The fourth-order valence-electron chi connectivity index (χ4n) is 7.48. The van der Waals surface area contributed by atoms with Crippen molar-refractivity contribution in [2.75, 3.05) is 18.0 Å². The number of fused-ring (bicyclic) bond motifs is 1. The molecule has 1 N–H and O–H groups in total. The van der Waals surface area contributed by atoms with E-state index in [4.69, 9.17) is 26.1 Å². The van der Waals surface area contributed by atoms with Gasteiger partial charge in [0.2, 0.25) is 17.7 Å². The van der Waals surface area contributed by atoms with E-state index in [-0.39, 0.29) is 29.2 Å². The molecule has 4 atom stereocenters. The van der Waals surface area contributed by atoms with E-state index in [1.165, 1.54) is 12.8 Å². The Balaban J connectivity index is 1.59. The second-order valence-corrected chi connectivity index (χ2v) is 13.6. The molecule has 1 amide bonds. The summed E-state index contributed by atoms with van der Waals surface area (Å²) in [6.45, 7) is 12.4. The molecule has 1 saturated heterocycles. The van der Waals surface area contributed by atoms with Crippen LogP contribution >= 0.6 is 11.6 Å². The van der Waals surface area contributed by atoms with Crippen LogP contribution in [0.25, 0.3) is 33.8 Å². The molecule has 0 aromatic carbocycles. The number of pyridine rings is 2. The number of imidazole rings is 1. The topological polar surface area (TPSA) is 126 Å². The molecule has 0 spiro atoms. The third-order valence-corrected chi connectivity index (χ3v) is 9.95. The number of H-pyrrole nitrogens is 1. The van der Waals surface area contributed by atoms with E-state index in [2.05, 4.69) is 57.2 Å². The van der Waals surface area contributed by atoms with E-state index in [1.54, 1.807) is 12.4 Å². The average molecular weight is 621 g/mol. The van der Waals surface area contributed by atoms with Crippen LogP contribution < -0.4 is 10.7 Å². The zero-order valence-corrected chi connectivity index (χ0v) is 27.1. The Labute approximate surface area is 262 Å². The minimum absolute atomic E-state index is 0.0487. The van der Waals surface area contributed by atoms with Crippen molar-refractivity contribution in [3.63, 3.8) is 0 Å². The van der Waals surface area contributed by atoms with Crippen molar-refractivity contribution < 1.29 is 9.32 Å². The van der Waals surface area contributed by atoms with E-state index in [9.17, 15) is 9.59 Å². The molecule has 0 radical (unpaired) electrons. The van der Waals surface area contributed by atoms with Crippen LogP contribution in [0.4, 0.5) is 5.95 Å². The number of amides is 1. The van der Waals surface area contributed by atoms with Crippen molar-refractivity contribution in [2.45, 2.75) is 78.3 Å². The number of aromatic nitrogens is 6. The van der Waals surface area contributed by atoms with Gasteiger partial charge in [0.15, 0.2) is 0 Å². The predicted octanol–water partition coefficient (Wildman–Crippen LogP) is 5.70. The Morgan fingerprint density at radius 1 is 1.23 bits per heavy atom. The summed E-state index contributed by atoms with van der Waals surface area (Å²) in [7, 11) is 2.02. The lowest BCUT2D eigenvalue weighted by molar-refractivity contribution is -0.134. The first-order valence-corrected chi connectivity index (χ1v) is 16.0. The predicted molar refractivity (Wildman–Crippen MR) is 170 cm³/mol. The van der Waals surface area contributed by atoms with Crippen LogP contribution in [0.1, 0.15) is 66.7 Å². The highest BCUT2D eigenvalue weighted by molar-refractivity contribution is 6.30. The first-order chi connectivity index (χ1) is 21.0. The molecule has 4 aromatic heterocycles. The molecule has 234 valence electrons. The molecule has 12 heteroatoms. The maximum atomic E-state index is 13.2. The fourth-order valence-corrected chi connectivity index (χ4v) is 7.65. The molecule has 2 fully saturated rings. The third-order valence-electron chi connectivity index (χ3n) is 9.75. The highest BCUT2D eigenvalue weighted by Crippen LogP contribution is 2.46. The minimum Gasteiger partial charge on any atom is -0.338 e. The monoisotopic (exact) mass is 620 g/mol. The Hall–Kier alpha value is -3.73.